The van der Waals surface area contributed by atoms with E-state index in [2.05, 4.69) is 93.7 Å². The molecule has 0 aliphatic carbocycles. The van der Waals surface area contributed by atoms with Gasteiger partial charge in [0.1, 0.15) is 13.2 Å². The van der Waals surface area contributed by atoms with Crippen molar-refractivity contribution in [2.24, 2.45) is 0 Å². The number of ether oxygens (including phenoxy) is 3. The van der Waals surface area contributed by atoms with E-state index in [0.717, 1.165) is 109 Å². The third kappa shape index (κ3) is 63.7. The van der Waals surface area contributed by atoms with Crippen molar-refractivity contribution in [2.45, 2.75) is 354 Å². The first-order chi connectivity index (χ1) is 38.5. The van der Waals surface area contributed by atoms with Gasteiger partial charge in [0.25, 0.3) is 0 Å². The standard InChI is InChI=1S/C72H128O6/c1-4-7-10-13-16-19-22-25-28-31-33-34-35-36-37-39-41-44-47-50-53-56-59-62-65-71(74)77-68-69(67-76-70(73)64-61-58-55-52-49-46-43-40-30-27-24-21-18-15-12-9-6-3)78-72(75)66-63-60-57-54-51-48-45-42-38-32-29-26-23-20-17-14-11-8-5-2/h8,11,17-18,20-21,26-27,29-30,38,42,69H,4-7,9-10,12-16,19,22-25,28,31-37,39-41,43-68H2,1-3H3/b11-8-,20-17-,21-18-,29-26-,30-27-,42-38-. The third-order valence-corrected chi connectivity index (χ3v) is 14.9. The Labute approximate surface area is 484 Å². The highest BCUT2D eigenvalue weighted by molar-refractivity contribution is 5.71. The van der Waals surface area contributed by atoms with Gasteiger partial charge in [-0.2, -0.15) is 0 Å². The van der Waals surface area contributed by atoms with Gasteiger partial charge in [-0.15, -0.1) is 0 Å². The largest absolute Gasteiger partial charge is 0.462 e. The Bertz CT molecular complexity index is 1440. The summed E-state index contributed by atoms with van der Waals surface area (Å²) < 4.78 is 17.0. The molecule has 78 heavy (non-hydrogen) atoms. The van der Waals surface area contributed by atoms with Crippen LogP contribution in [0.3, 0.4) is 0 Å². The van der Waals surface area contributed by atoms with E-state index in [-0.39, 0.29) is 31.1 Å². The van der Waals surface area contributed by atoms with Gasteiger partial charge in [0.05, 0.1) is 0 Å². The van der Waals surface area contributed by atoms with Crippen LogP contribution in [0, 0.1) is 0 Å². The van der Waals surface area contributed by atoms with E-state index in [1.54, 1.807) is 0 Å². The van der Waals surface area contributed by atoms with Crippen LogP contribution in [0.25, 0.3) is 0 Å². The Morgan fingerprint density at radius 1 is 0.269 bits per heavy atom. The Kier molecular flexibility index (Phi) is 63.7. The summed E-state index contributed by atoms with van der Waals surface area (Å²) in [6.07, 6.45) is 86.3. The summed E-state index contributed by atoms with van der Waals surface area (Å²) in [5.41, 5.74) is 0. The lowest BCUT2D eigenvalue weighted by Gasteiger charge is -2.18. The van der Waals surface area contributed by atoms with Gasteiger partial charge < -0.3 is 14.2 Å². The van der Waals surface area contributed by atoms with Gasteiger partial charge in [0.2, 0.25) is 0 Å². The van der Waals surface area contributed by atoms with Crippen molar-refractivity contribution in [2.75, 3.05) is 13.2 Å². The summed E-state index contributed by atoms with van der Waals surface area (Å²) >= 11 is 0. The topological polar surface area (TPSA) is 78.9 Å². The summed E-state index contributed by atoms with van der Waals surface area (Å²) in [6, 6.07) is 0. The Morgan fingerprint density at radius 3 is 0.808 bits per heavy atom. The van der Waals surface area contributed by atoms with Crippen LogP contribution in [0.1, 0.15) is 348 Å². The highest BCUT2D eigenvalue weighted by Gasteiger charge is 2.19. The molecule has 0 aromatic heterocycles. The molecule has 0 aliphatic rings. The molecule has 0 aromatic carbocycles. The quantitative estimate of drug-likeness (QED) is 0.0261. The van der Waals surface area contributed by atoms with E-state index in [1.165, 1.54) is 199 Å². The molecule has 452 valence electrons. The fraction of sp³-hybridized carbons (Fsp3) is 0.792. The number of hydrogen-bond acceptors (Lipinski definition) is 6. The smallest absolute Gasteiger partial charge is 0.306 e. The summed E-state index contributed by atoms with van der Waals surface area (Å²) in [4.78, 5) is 38.4. The third-order valence-electron chi connectivity index (χ3n) is 14.9. The van der Waals surface area contributed by atoms with Crippen molar-refractivity contribution < 1.29 is 28.6 Å². The van der Waals surface area contributed by atoms with Gasteiger partial charge in [-0.05, 0) is 89.9 Å². The van der Waals surface area contributed by atoms with E-state index >= 15 is 0 Å². The Morgan fingerprint density at radius 2 is 0.500 bits per heavy atom. The molecule has 6 nitrogen and oxygen atoms in total. The Balaban J connectivity index is 4.34. The van der Waals surface area contributed by atoms with Crippen LogP contribution < -0.4 is 0 Å². The normalized spacial score (nSPS) is 12.5. The molecule has 0 N–H and O–H groups in total. The van der Waals surface area contributed by atoms with Gasteiger partial charge in [0, 0.05) is 19.3 Å². The number of allylic oxidation sites excluding steroid dienone is 12. The minimum absolute atomic E-state index is 0.0809. The number of hydrogen-bond donors (Lipinski definition) is 0. The average Bonchev–Trinajstić information content (AvgIpc) is 3.44. The molecule has 0 rings (SSSR count). The number of unbranched alkanes of at least 4 members (excludes halogenated alkanes) is 39. The minimum Gasteiger partial charge on any atom is -0.462 e. The van der Waals surface area contributed by atoms with E-state index in [1.807, 2.05) is 0 Å². The summed E-state index contributed by atoms with van der Waals surface area (Å²) in [5, 5.41) is 0. The lowest BCUT2D eigenvalue weighted by molar-refractivity contribution is -0.167. The van der Waals surface area contributed by atoms with E-state index in [0.29, 0.717) is 19.3 Å². The van der Waals surface area contributed by atoms with Crippen LogP contribution in [-0.4, -0.2) is 37.2 Å². The molecule has 0 aromatic rings. The fourth-order valence-corrected chi connectivity index (χ4v) is 9.88. The summed E-state index contributed by atoms with van der Waals surface area (Å²) in [7, 11) is 0. The predicted octanol–water partition coefficient (Wildman–Crippen LogP) is 23.3. The average molecular weight is 1090 g/mol. The van der Waals surface area contributed by atoms with Crippen LogP contribution in [0.2, 0.25) is 0 Å². The SMILES string of the molecule is CC/C=C\C/C=C\C/C=C\C/C=C\CCCCCCCCC(=O)OC(COC(=O)CCCCCCCCC/C=C\C/C=C\CCCCC)COC(=O)CCCCCCCCCCCCCCCCCCCCCCCCCC. The zero-order chi connectivity index (χ0) is 56.4. The summed E-state index contributed by atoms with van der Waals surface area (Å²) in [6.45, 7) is 6.54. The number of carbonyl (C=O) groups is 3. The number of esters is 3. The number of carbonyl (C=O) groups excluding carboxylic acids is 3. The molecule has 1 unspecified atom stereocenters. The molecule has 0 amide bonds. The van der Waals surface area contributed by atoms with Gasteiger partial charge >= 0.3 is 17.9 Å². The first-order valence-corrected chi connectivity index (χ1v) is 33.9. The highest BCUT2D eigenvalue weighted by Crippen LogP contribution is 2.18. The van der Waals surface area contributed by atoms with E-state index in [4.69, 9.17) is 14.2 Å². The zero-order valence-corrected chi connectivity index (χ0v) is 51.9. The number of rotatable bonds is 62. The van der Waals surface area contributed by atoms with Crippen molar-refractivity contribution in [1.29, 1.82) is 0 Å². The molecule has 0 radical (unpaired) electrons. The van der Waals surface area contributed by atoms with Crippen molar-refractivity contribution in [3.05, 3.63) is 72.9 Å². The first kappa shape index (κ1) is 74.8. The Hall–Kier alpha value is -3.15. The molecule has 0 saturated carbocycles. The van der Waals surface area contributed by atoms with Crippen LogP contribution >= 0.6 is 0 Å². The van der Waals surface area contributed by atoms with Crippen LogP contribution in [-0.2, 0) is 28.6 Å². The van der Waals surface area contributed by atoms with Gasteiger partial charge in [-0.1, -0.05) is 312 Å². The molecule has 6 heteroatoms. The highest BCUT2D eigenvalue weighted by atomic mass is 16.6. The van der Waals surface area contributed by atoms with E-state index < -0.39 is 6.10 Å². The van der Waals surface area contributed by atoms with Crippen molar-refractivity contribution in [1.82, 2.24) is 0 Å². The van der Waals surface area contributed by atoms with E-state index in [9.17, 15) is 14.4 Å². The molecule has 0 saturated heterocycles. The second-order valence-corrected chi connectivity index (χ2v) is 22.7. The van der Waals surface area contributed by atoms with Crippen molar-refractivity contribution in [3.8, 4) is 0 Å². The lowest BCUT2D eigenvalue weighted by Crippen LogP contribution is -2.30. The summed E-state index contributed by atoms with van der Waals surface area (Å²) in [5.74, 6) is -0.884. The molecule has 0 spiro atoms. The molecular formula is C72H128O6. The van der Waals surface area contributed by atoms with Gasteiger partial charge in [-0.25, -0.2) is 0 Å². The predicted molar refractivity (Wildman–Crippen MR) is 339 cm³/mol. The molecular weight excluding hydrogens is 961 g/mol. The van der Waals surface area contributed by atoms with Crippen LogP contribution in [0.15, 0.2) is 72.9 Å². The zero-order valence-electron chi connectivity index (χ0n) is 51.9. The minimum atomic E-state index is -0.787. The maximum absolute atomic E-state index is 12.9. The fourth-order valence-electron chi connectivity index (χ4n) is 9.88. The van der Waals surface area contributed by atoms with Crippen molar-refractivity contribution >= 4 is 17.9 Å². The van der Waals surface area contributed by atoms with Gasteiger partial charge in [0.15, 0.2) is 6.10 Å². The maximum atomic E-state index is 12.9. The second-order valence-electron chi connectivity index (χ2n) is 22.7. The maximum Gasteiger partial charge on any atom is 0.306 e. The lowest BCUT2D eigenvalue weighted by atomic mass is 10.0. The van der Waals surface area contributed by atoms with Crippen molar-refractivity contribution in [3.63, 3.8) is 0 Å². The molecule has 1 atom stereocenters. The van der Waals surface area contributed by atoms with Crippen LogP contribution in [0.5, 0.6) is 0 Å². The van der Waals surface area contributed by atoms with Gasteiger partial charge in [-0.3, -0.25) is 14.4 Å². The van der Waals surface area contributed by atoms with Crippen LogP contribution in [0.4, 0.5) is 0 Å². The molecule has 0 aliphatic heterocycles. The molecule has 0 fully saturated rings. The molecule has 0 bridgehead atoms. The second kappa shape index (κ2) is 66.4. The monoisotopic (exact) mass is 1090 g/mol. The first-order valence-electron chi connectivity index (χ1n) is 33.9. The molecule has 0 heterocycles.